The van der Waals surface area contributed by atoms with Gasteiger partial charge in [0.2, 0.25) is 0 Å². The molecular weight excluding hydrogens is 388 g/mol. The SMILES string of the molecule is CN(Cc1ccccc1)C(=O)c1cc2n(n1)CCN(Cc1ccc(Cl)cc1)C2=O. The highest BCUT2D eigenvalue weighted by Crippen LogP contribution is 2.19. The quantitative estimate of drug-likeness (QED) is 0.649. The van der Waals surface area contributed by atoms with Gasteiger partial charge >= 0.3 is 0 Å². The molecule has 0 aliphatic carbocycles. The largest absolute Gasteiger partial charge is 0.336 e. The Balaban J connectivity index is 1.47. The minimum Gasteiger partial charge on any atom is -0.336 e. The summed E-state index contributed by atoms with van der Waals surface area (Å²) in [5.41, 5.74) is 2.79. The Morgan fingerprint density at radius 3 is 2.52 bits per heavy atom. The first kappa shape index (κ1) is 19.2. The van der Waals surface area contributed by atoms with Gasteiger partial charge in [0.25, 0.3) is 11.8 Å². The van der Waals surface area contributed by atoms with Gasteiger partial charge in [0, 0.05) is 37.8 Å². The Hall–Kier alpha value is -3.12. The van der Waals surface area contributed by atoms with E-state index < -0.39 is 0 Å². The van der Waals surface area contributed by atoms with Gasteiger partial charge in [-0.05, 0) is 23.3 Å². The summed E-state index contributed by atoms with van der Waals surface area (Å²) < 4.78 is 1.63. The van der Waals surface area contributed by atoms with Crippen molar-refractivity contribution in [2.45, 2.75) is 19.6 Å². The molecule has 1 aromatic heterocycles. The smallest absolute Gasteiger partial charge is 0.274 e. The first-order valence-corrected chi connectivity index (χ1v) is 9.80. The van der Waals surface area contributed by atoms with Crippen LogP contribution in [0.5, 0.6) is 0 Å². The van der Waals surface area contributed by atoms with E-state index in [1.165, 1.54) is 0 Å². The maximum Gasteiger partial charge on any atom is 0.274 e. The number of hydrogen-bond acceptors (Lipinski definition) is 3. The van der Waals surface area contributed by atoms with Crippen LogP contribution in [0.4, 0.5) is 0 Å². The molecular formula is C22H21ClN4O2. The summed E-state index contributed by atoms with van der Waals surface area (Å²) >= 11 is 5.93. The zero-order valence-corrected chi connectivity index (χ0v) is 16.8. The summed E-state index contributed by atoms with van der Waals surface area (Å²) in [6, 6.07) is 18.8. The number of hydrogen-bond donors (Lipinski definition) is 0. The Morgan fingerprint density at radius 1 is 1.07 bits per heavy atom. The number of benzene rings is 2. The van der Waals surface area contributed by atoms with Crippen molar-refractivity contribution in [1.82, 2.24) is 19.6 Å². The van der Waals surface area contributed by atoms with Crippen LogP contribution in [0.3, 0.4) is 0 Å². The van der Waals surface area contributed by atoms with Crippen molar-refractivity contribution in [2.75, 3.05) is 13.6 Å². The number of amides is 2. The van der Waals surface area contributed by atoms with Gasteiger partial charge in [-0.15, -0.1) is 0 Å². The molecule has 0 radical (unpaired) electrons. The van der Waals surface area contributed by atoms with Crippen LogP contribution in [0, 0.1) is 0 Å². The number of halogens is 1. The lowest BCUT2D eigenvalue weighted by Gasteiger charge is -2.27. The molecule has 0 N–H and O–H groups in total. The van der Waals surface area contributed by atoms with Gasteiger partial charge in [-0.2, -0.15) is 5.10 Å². The van der Waals surface area contributed by atoms with E-state index in [0.29, 0.717) is 42.6 Å². The number of carbonyl (C=O) groups excluding carboxylic acids is 2. The lowest BCUT2D eigenvalue weighted by atomic mass is 10.2. The summed E-state index contributed by atoms with van der Waals surface area (Å²) in [5.74, 6) is -0.323. The predicted octanol–water partition coefficient (Wildman–Crippen LogP) is 3.46. The van der Waals surface area contributed by atoms with Gasteiger partial charge in [0.15, 0.2) is 5.69 Å². The van der Waals surface area contributed by atoms with E-state index in [9.17, 15) is 9.59 Å². The third-order valence-electron chi connectivity index (χ3n) is 4.98. The third kappa shape index (κ3) is 4.17. The summed E-state index contributed by atoms with van der Waals surface area (Å²) in [4.78, 5) is 29.1. The average Bonchev–Trinajstić information content (AvgIpc) is 3.17. The fourth-order valence-corrected chi connectivity index (χ4v) is 3.55. The molecule has 2 aromatic carbocycles. The van der Waals surface area contributed by atoms with Crippen LogP contribution in [0.1, 0.15) is 32.1 Å². The van der Waals surface area contributed by atoms with E-state index in [2.05, 4.69) is 5.10 Å². The molecule has 0 bridgehead atoms. The minimum atomic E-state index is -0.201. The second-order valence-corrected chi connectivity index (χ2v) is 7.57. The van der Waals surface area contributed by atoms with E-state index in [0.717, 1.165) is 11.1 Å². The molecule has 148 valence electrons. The van der Waals surface area contributed by atoms with Crippen LogP contribution in [-0.2, 0) is 19.6 Å². The molecule has 1 aliphatic heterocycles. The van der Waals surface area contributed by atoms with Gasteiger partial charge in [-0.25, -0.2) is 0 Å². The minimum absolute atomic E-state index is 0.122. The zero-order valence-electron chi connectivity index (χ0n) is 16.1. The number of aromatic nitrogens is 2. The summed E-state index contributed by atoms with van der Waals surface area (Å²) in [5, 5.41) is 5.04. The lowest BCUT2D eigenvalue weighted by molar-refractivity contribution is 0.0682. The molecule has 0 fully saturated rings. The number of nitrogens with zero attached hydrogens (tertiary/aromatic N) is 4. The Labute approximate surface area is 174 Å². The van der Waals surface area contributed by atoms with Crippen molar-refractivity contribution in [3.05, 3.63) is 88.2 Å². The molecule has 0 atom stereocenters. The van der Waals surface area contributed by atoms with Crippen LogP contribution >= 0.6 is 11.6 Å². The zero-order chi connectivity index (χ0) is 20.4. The maximum absolute atomic E-state index is 12.9. The average molecular weight is 409 g/mol. The normalized spacial score (nSPS) is 13.3. The van der Waals surface area contributed by atoms with E-state index in [-0.39, 0.29) is 11.8 Å². The van der Waals surface area contributed by atoms with Gasteiger partial charge in [0.05, 0.1) is 6.54 Å². The molecule has 0 unspecified atom stereocenters. The highest BCUT2D eigenvalue weighted by atomic mass is 35.5. The van der Waals surface area contributed by atoms with Crippen molar-refractivity contribution in [3.63, 3.8) is 0 Å². The monoisotopic (exact) mass is 408 g/mol. The fraction of sp³-hybridized carbons (Fsp3) is 0.227. The van der Waals surface area contributed by atoms with Gasteiger partial charge in [0.1, 0.15) is 5.69 Å². The molecule has 1 aliphatic rings. The molecule has 4 rings (SSSR count). The topological polar surface area (TPSA) is 58.4 Å². The Morgan fingerprint density at radius 2 is 1.79 bits per heavy atom. The third-order valence-corrected chi connectivity index (χ3v) is 5.24. The second-order valence-electron chi connectivity index (χ2n) is 7.14. The standard InChI is InChI=1S/C22H21ClN4O2/c1-25(14-16-5-3-2-4-6-16)21(28)19-13-20-22(29)26(11-12-27(20)24-19)15-17-7-9-18(23)10-8-17/h2-10,13H,11-12,14-15H2,1H3. The summed E-state index contributed by atoms with van der Waals surface area (Å²) in [7, 11) is 1.74. The van der Waals surface area contributed by atoms with Crippen LogP contribution < -0.4 is 0 Å². The van der Waals surface area contributed by atoms with Crippen molar-refractivity contribution >= 4 is 23.4 Å². The van der Waals surface area contributed by atoms with Crippen LogP contribution in [0.25, 0.3) is 0 Å². The van der Waals surface area contributed by atoms with E-state index in [4.69, 9.17) is 11.6 Å². The van der Waals surface area contributed by atoms with Gasteiger partial charge in [-0.1, -0.05) is 54.1 Å². The molecule has 0 spiro atoms. The molecule has 6 nitrogen and oxygen atoms in total. The predicted molar refractivity (Wildman–Crippen MR) is 111 cm³/mol. The highest BCUT2D eigenvalue weighted by Gasteiger charge is 2.28. The van der Waals surface area contributed by atoms with E-state index in [1.807, 2.05) is 54.6 Å². The molecule has 29 heavy (non-hydrogen) atoms. The highest BCUT2D eigenvalue weighted by molar-refractivity contribution is 6.30. The first-order valence-electron chi connectivity index (χ1n) is 9.42. The fourth-order valence-electron chi connectivity index (χ4n) is 3.43. The Kier molecular flexibility index (Phi) is 5.36. The maximum atomic E-state index is 12.9. The lowest BCUT2D eigenvalue weighted by Crippen LogP contribution is -2.39. The number of rotatable bonds is 5. The van der Waals surface area contributed by atoms with Crippen molar-refractivity contribution in [2.24, 2.45) is 0 Å². The van der Waals surface area contributed by atoms with Crippen molar-refractivity contribution in [3.8, 4) is 0 Å². The van der Waals surface area contributed by atoms with Crippen LogP contribution in [0.15, 0.2) is 60.7 Å². The number of carbonyl (C=O) groups is 2. The first-order chi connectivity index (χ1) is 14.0. The molecule has 0 saturated carbocycles. The van der Waals surface area contributed by atoms with Gasteiger partial charge in [-0.3, -0.25) is 14.3 Å². The second kappa shape index (κ2) is 8.09. The van der Waals surface area contributed by atoms with Crippen molar-refractivity contribution < 1.29 is 9.59 Å². The molecule has 2 heterocycles. The van der Waals surface area contributed by atoms with Crippen molar-refractivity contribution in [1.29, 1.82) is 0 Å². The summed E-state index contributed by atoms with van der Waals surface area (Å²) in [6.45, 7) is 2.09. The molecule has 2 amide bonds. The number of fused-ring (bicyclic) bond motifs is 1. The Bertz CT molecular complexity index is 1030. The van der Waals surface area contributed by atoms with Crippen LogP contribution in [0.2, 0.25) is 5.02 Å². The van der Waals surface area contributed by atoms with Gasteiger partial charge < -0.3 is 9.80 Å². The molecule has 0 saturated heterocycles. The molecule has 3 aromatic rings. The van der Waals surface area contributed by atoms with Crippen LogP contribution in [-0.4, -0.2) is 45.0 Å². The van der Waals surface area contributed by atoms with E-state index >= 15 is 0 Å². The molecule has 7 heteroatoms. The van der Waals surface area contributed by atoms with E-state index in [1.54, 1.807) is 27.6 Å². The summed E-state index contributed by atoms with van der Waals surface area (Å²) in [6.07, 6.45) is 0.